The molecule has 8 heteroatoms. The van der Waals surface area contributed by atoms with Gasteiger partial charge in [0, 0.05) is 29.5 Å². The van der Waals surface area contributed by atoms with E-state index in [2.05, 4.69) is 0 Å². The number of fused-ring (bicyclic) bond motifs is 1. The van der Waals surface area contributed by atoms with Gasteiger partial charge in [-0.1, -0.05) is 18.2 Å². The number of para-hydroxylation sites is 1. The van der Waals surface area contributed by atoms with Crippen molar-refractivity contribution in [3.63, 3.8) is 0 Å². The second kappa shape index (κ2) is 10.0. The molecule has 1 aliphatic heterocycles. The standard InChI is InChI=1S/C28H27F3N2O3/c1-4-32(21-13-11-20(12-14-21)28(29,30)31)27(35)24-17-18(2)33(25-8-6-5-7-23(24)25)26(34)19-9-15-22(36-3)16-10-19/h5-16,18,24H,4,17H2,1-3H3/t18-,24-/m0/s1. The Labute approximate surface area is 208 Å². The lowest BCUT2D eigenvalue weighted by molar-refractivity contribution is -0.137. The van der Waals surface area contributed by atoms with Gasteiger partial charge in [0.1, 0.15) is 5.75 Å². The van der Waals surface area contributed by atoms with Gasteiger partial charge in [0.15, 0.2) is 0 Å². The molecule has 3 aromatic rings. The van der Waals surface area contributed by atoms with Crippen LogP contribution in [-0.2, 0) is 11.0 Å². The fourth-order valence-corrected chi connectivity index (χ4v) is 4.71. The lowest BCUT2D eigenvalue weighted by atomic mass is 9.84. The Kier molecular flexibility index (Phi) is 7.06. The average molecular weight is 497 g/mol. The van der Waals surface area contributed by atoms with E-state index in [1.54, 1.807) is 43.2 Å². The average Bonchev–Trinajstić information content (AvgIpc) is 2.88. The van der Waals surface area contributed by atoms with E-state index in [-0.39, 0.29) is 17.9 Å². The largest absolute Gasteiger partial charge is 0.497 e. The molecule has 1 heterocycles. The van der Waals surface area contributed by atoms with Crippen LogP contribution in [0.2, 0.25) is 0 Å². The molecule has 0 aromatic heterocycles. The van der Waals surface area contributed by atoms with Gasteiger partial charge in [-0.3, -0.25) is 9.59 Å². The predicted octanol–water partition coefficient (Wildman–Crippen LogP) is 6.29. The number of nitrogens with zero attached hydrogens (tertiary/aromatic N) is 2. The highest BCUT2D eigenvalue weighted by Gasteiger charge is 2.39. The molecule has 0 bridgehead atoms. The second-order valence-corrected chi connectivity index (χ2v) is 8.73. The Hall–Kier alpha value is -3.81. The SMILES string of the molecule is CCN(C(=O)[C@H]1C[C@H](C)N(C(=O)c2ccc(OC)cc2)c2ccccc21)c1ccc(C(F)(F)F)cc1. The molecule has 4 rings (SSSR count). The summed E-state index contributed by atoms with van der Waals surface area (Å²) in [5, 5.41) is 0. The monoisotopic (exact) mass is 496 g/mol. The molecule has 2 atom stereocenters. The van der Waals surface area contributed by atoms with Crippen molar-refractivity contribution in [2.24, 2.45) is 0 Å². The molecule has 0 unspecified atom stereocenters. The van der Waals surface area contributed by atoms with Crippen LogP contribution in [0.5, 0.6) is 5.75 Å². The van der Waals surface area contributed by atoms with Crippen LogP contribution in [0.25, 0.3) is 0 Å². The maximum atomic E-state index is 13.7. The number of amides is 2. The van der Waals surface area contributed by atoms with E-state index >= 15 is 0 Å². The molecule has 0 saturated heterocycles. The number of ether oxygens (including phenoxy) is 1. The third kappa shape index (κ3) is 4.80. The van der Waals surface area contributed by atoms with Crippen LogP contribution < -0.4 is 14.5 Å². The van der Waals surface area contributed by atoms with Crippen LogP contribution in [0.3, 0.4) is 0 Å². The molecule has 5 nitrogen and oxygen atoms in total. The van der Waals surface area contributed by atoms with E-state index in [1.807, 2.05) is 31.2 Å². The molecule has 2 amide bonds. The minimum Gasteiger partial charge on any atom is -0.497 e. The van der Waals surface area contributed by atoms with Gasteiger partial charge < -0.3 is 14.5 Å². The molecular formula is C28H27F3N2O3. The van der Waals surface area contributed by atoms with Crippen LogP contribution >= 0.6 is 0 Å². The van der Waals surface area contributed by atoms with Crippen molar-refractivity contribution in [2.45, 2.75) is 38.4 Å². The summed E-state index contributed by atoms with van der Waals surface area (Å²) in [6, 6.07) is 18.5. The van der Waals surface area contributed by atoms with Crippen molar-refractivity contribution in [1.29, 1.82) is 0 Å². The van der Waals surface area contributed by atoms with E-state index in [4.69, 9.17) is 4.74 Å². The highest BCUT2D eigenvalue weighted by Crippen LogP contribution is 2.41. The topological polar surface area (TPSA) is 49.9 Å². The molecule has 36 heavy (non-hydrogen) atoms. The van der Waals surface area contributed by atoms with Gasteiger partial charge in [-0.05, 0) is 80.4 Å². The maximum absolute atomic E-state index is 13.7. The summed E-state index contributed by atoms with van der Waals surface area (Å²) in [6.07, 6.45) is -4.06. The van der Waals surface area contributed by atoms with Gasteiger partial charge in [0.05, 0.1) is 18.6 Å². The first-order valence-corrected chi connectivity index (χ1v) is 11.7. The number of benzene rings is 3. The Morgan fingerprint density at radius 2 is 1.64 bits per heavy atom. The van der Waals surface area contributed by atoms with E-state index < -0.39 is 17.7 Å². The maximum Gasteiger partial charge on any atom is 0.416 e. The minimum atomic E-state index is -4.45. The normalized spacial score (nSPS) is 17.3. The zero-order valence-electron chi connectivity index (χ0n) is 20.3. The van der Waals surface area contributed by atoms with Gasteiger partial charge in [0.25, 0.3) is 5.91 Å². The lowest BCUT2D eigenvalue weighted by Crippen LogP contribution is -2.46. The molecular weight excluding hydrogens is 469 g/mol. The number of hydrogen-bond donors (Lipinski definition) is 0. The predicted molar refractivity (Wildman–Crippen MR) is 133 cm³/mol. The van der Waals surface area contributed by atoms with Crippen LogP contribution in [-0.4, -0.2) is 31.5 Å². The molecule has 0 radical (unpaired) electrons. The molecule has 188 valence electrons. The van der Waals surface area contributed by atoms with Gasteiger partial charge in [-0.25, -0.2) is 0 Å². The highest BCUT2D eigenvalue weighted by atomic mass is 19.4. The fraction of sp³-hybridized carbons (Fsp3) is 0.286. The number of halogens is 3. The van der Waals surface area contributed by atoms with Crippen molar-refractivity contribution < 1.29 is 27.5 Å². The summed E-state index contributed by atoms with van der Waals surface area (Å²) >= 11 is 0. The summed E-state index contributed by atoms with van der Waals surface area (Å²) in [6.45, 7) is 3.98. The summed E-state index contributed by atoms with van der Waals surface area (Å²) in [5.74, 6) is -0.294. The zero-order valence-corrected chi connectivity index (χ0v) is 20.3. The Morgan fingerprint density at radius 1 is 1.00 bits per heavy atom. The van der Waals surface area contributed by atoms with Crippen molar-refractivity contribution in [3.05, 3.63) is 89.5 Å². The quantitative estimate of drug-likeness (QED) is 0.417. The third-order valence-electron chi connectivity index (χ3n) is 6.53. The number of methoxy groups -OCH3 is 1. The van der Waals surface area contributed by atoms with E-state index in [1.165, 1.54) is 17.0 Å². The van der Waals surface area contributed by atoms with Gasteiger partial charge >= 0.3 is 6.18 Å². The first-order valence-electron chi connectivity index (χ1n) is 11.7. The van der Waals surface area contributed by atoms with Crippen LogP contribution in [0.4, 0.5) is 24.5 Å². The first kappa shape index (κ1) is 25.3. The summed E-state index contributed by atoms with van der Waals surface area (Å²) in [5.41, 5.74) is 1.50. The Morgan fingerprint density at radius 3 is 2.22 bits per heavy atom. The first-order chi connectivity index (χ1) is 17.2. The summed E-state index contributed by atoms with van der Waals surface area (Å²) in [4.78, 5) is 30.4. The Balaban J connectivity index is 1.65. The van der Waals surface area contributed by atoms with E-state index in [0.717, 1.165) is 12.1 Å². The molecule has 0 spiro atoms. The van der Waals surface area contributed by atoms with Crippen molar-refractivity contribution in [2.75, 3.05) is 23.5 Å². The summed E-state index contributed by atoms with van der Waals surface area (Å²) in [7, 11) is 1.56. The van der Waals surface area contributed by atoms with Gasteiger partial charge in [-0.15, -0.1) is 0 Å². The molecule has 3 aromatic carbocycles. The summed E-state index contributed by atoms with van der Waals surface area (Å²) < 4.78 is 44.2. The van der Waals surface area contributed by atoms with Crippen LogP contribution in [0, 0.1) is 0 Å². The zero-order chi connectivity index (χ0) is 26.0. The Bertz CT molecular complexity index is 1240. The van der Waals surface area contributed by atoms with E-state index in [0.29, 0.717) is 41.2 Å². The molecule has 0 aliphatic carbocycles. The molecule has 1 aliphatic rings. The molecule has 0 fully saturated rings. The van der Waals surface area contributed by atoms with Crippen LogP contribution in [0.1, 0.15) is 47.7 Å². The third-order valence-corrected chi connectivity index (χ3v) is 6.53. The molecule has 0 saturated carbocycles. The van der Waals surface area contributed by atoms with E-state index in [9.17, 15) is 22.8 Å². The number of carbonyl (C=O) groups is 2. The number of alkyl halides is 3. The number of hydrogen-bond acceptors (Lipinski definition) is 3. The van der Waals surface area contributed by atoms with Gasteiger partial charge in [0.2, 0.25) is 5.91 Å². The molecule has 0 N–H and O–H groups in total. The van der Waals surface area contributed by atoms with Crippen molar-refractivity contribution in [3.8, 4) is 5.75 Å². The van der Waals surface area contributed by atoms with Crippen LogP contribution in [0.15, 0.2) is 72.8 Å². The van der Waals surface area contributed by atoms with Gasteiger partial charge in [-0.2, -0.15) is 13.2 Å². The van der Waals surface area contributed by atoms with Crippen molar-refractivity contribution in [1.82, 2.24) is 0 Å². The smallest absolute Gasteiger partial charge is 0.416 e. The fourth-order valence-electron chi connectivity index (χ4n) is 4.71. The number of carbonyl (C=O) groups excluding carboxylic acids is 2. The number of likely N-dealkylation sites (N-methyl/N-ethyl adjacent to an activating group) is 1. The van der Waals surface area contributed by atoms with Crippen molar-refractivity contribution >= 4 is 23.2 Å². The number of rotatable bonds is 5. The lowest BCUT2D eigenvalue weighted by Gasteiger charge is -2.40. The highest BCUT2D eigenvalue weighted by molar-refractivity contribution is 6.09. The minimum absolute atomic E-state index is 0.182. The second-order valence-electron chi connectivity index (χ2n) is 8.73. The number of anilines is 2.